The van der Waals surface area contributed by atoms with Crippen LogP contribution in [0.4, 0.5) is 0 Å². The van der Waals surface area contributed by atoms with Crippen molar-refractivity contribution in [2.75, 3.05) is 13.2 Å². The number of aliphatic hydroxyl groups is 7. The van der Waals surface area contributed by atoms with Gasteiger partial charge in [0.2, 0.25) is 0 Å². The van der Waals surface area contributed by atoms with Crippen molar-refractivity contribution in [3.05, 3.63) is 0 Å². The van der Waals surface area contributed by atoms with E-state index in [1.807, 2.05) is 0 Å². The van der Waals surface area contributed by atoms with E-state index in [1.165, 1.54) is 0 Å². The second kappa shape index (κ2) is 9.16. The van der Waals surface area contributed by atoms with E-state index >= 15 is 0 Å². The molecule has 13 nitrogen and oxygen atoms in total. The standard InChI is InChI=1S/C12H23BO13/c14-1-3-10(7(17)8(18)11(20)24-3)26-12-9(19)6(16)5(15)4(25-12)2-23-13(21)22/h3-12,14-22H,1-2H2/t3-,4-,5+,6+,7-,8-,9-,10-,11+,12+/m1/s1. The van der Waals surface area contributed by atoms with Gasteiger partial charge in [-0.25, -0.2) is 0 Å². The van der Waals surface area contributed by atoms with Gasteiger partial charge in [-0.2, -0.15) is 0 Å². The minimum atomic E-state index is -2.17. The van der Waals surface area contributed by atoms with E-state index in [0.29, 0.717) is 0 Å². The fourth-order valence-corrected chi connectivity index (χ4v) is 2.74. The molecule has 2 fully saturated rings. The summed E-state index contributed by atoms with van der Waals surface area (Å²) < 4.78 is 19.9. The quantitative estimate of drug-likeness (QED) is 0.194. The summed E-state index contributed by atoms with van der Waals surface area (Å²) in [5, 5.41) is 85.6. The lowest BCUT2D eigenvalue weighted by Gasteiger charge is -2.45. The Hall–Kier alpha value is -0.455. The molecule has 0 amide bonds. The fraction of sp³-hybridized carbons (Fsp3) is 1.00. The summed E-state index contributed by atoms with van der Waals surface area (Å²) in [4.78, 5) is 0. The van der Waals surface area contributed by atoms with E-state index in [1.54, 1.807) is 0 Å². The van der Waals surface area contributed by atoms with E-state index in [2.05, 4.69) is 4.65 Å². The number of ether oxygens (including phenoxy) is 3. The SMILES string of the molecule is OC[C@H]1O[C@H](O)[C@H](O)[C@@H](O)[C@@H]1O[C@@H]1O[C@H](COB(O)O)[C@H](O)[C@H](O)[C@H]1O. The van der Waals surface area contributed by atoms with Crippen LogP contribution >= 0.6 is 0 Å². The molecular weight excluding hydrogens is 363 g/mol. The van der Waals surface area contributed by atoms with Crippen molar-refractivity contribution in [2.45, 2.75) is 61.4 Å². The second-order valence-corrected chi connectivity index (χ2v) is 6.00. The van der Waals surface area contributed by atoms with Crippen LogP contribution in [-0.4, -0.2) is 128 Å². The molecular formula is C12H23BO13. The largest absolute Gasteiger partial charge is 0.633 e. The molecule has 2 aliphatic heterocycles. The molecule has 0 aromatic heterocycles. The Morgan fingerprint density at radius 3 is 2.00 bits per heavy atom. The van der Waals surface area contributed by atoms with Crippen LogP contribution in [0.15, 0.2) is 0 Å². The first kappa shape index (κ1) is 21.8. The molecule has 0 bridgehead atoms. The zero-order valence-corrected chi connectivity index (χ0v) is 13.4. The summed E-state index contributed by atoms with van der Waals surface area (Å²) in [6.07, 6.45) is -16.3. The summed E-state index contributed by atoms with van der Waals surface area (Å²) >= 11 is 0. The van der Waals surface area contributed by atoms with E-state index in [0.717, 1.165) is 0 Å². The minimum absolute atomic E-state index is 0.586. The van der Waals surface area contributed by atoms with Crippen LogP contribution in [0.1, 0.15) is 0 Å². The first-order chi connectivity index (χ1) is 12.2. The average Bonchev–Trinajstić information content (AvgIpc) is 2.60. The Kier molecular flexibility index (Phi) is 7.69. The molecule has 0 radical (unpaired) electrons. The first-order valence-electron chi connectivity index (χ1n) is 7.80. The summed E-state index contributed by atoms with van der Waals surface area (Å²) in [5.41, 5.74) is 0. The summed E-state index contributed by atoms with van der Waals surface area (Å²) in [6.45, 7) is -1.31. The lowest BCUT2D eigenvalue weighted by atomic mass is 9.97. The summed E-state index contributed by atoms with van der Waals surface area (Å²) in [5.74, 6) is 0. The van der Waals surface area contributed by atoms with Gasteiger partial charge in [-0.05, 0) is 0 Å². The smallest absolute Gasteiger partial charge is 0.402 e. The Morgan fingerprint density at radius 1 is 0.769 bits per heavy atom. The van der Waals surface area contributed by atoms with E-state index < -0.39 is 81.9 Å². The molecule has 2 heterocycles. The summed E-state index contributed by atoms with van der Waals surface area (Å²) in [6, 6.07) is 0. The lowest BCUT2D eigenvalue weighted by molar-refractivity contribution is -0.355. The lowest BCUT2D eigenvalue weighted by Crippen LogP contribution is -2.64. The van der Waals surface area contributed by atoms with Crippen LogP contribution in [0, 0.1) is 0 Å². The molecule has 0 spiro atoms. The van der Waals surface area contributed by atoms with Gasteiger partial charge < -0.3 is 64.7 Å². The van der Waals surface area contributed by atoms with Gasteiger partial charge >= 0.3 is 7.32 Å². The first-order valence-corrected chi connectivity index (χ1v) is 7.80. The fourth-order valence-electron chi connectivity index (χ4n) is 2.74. The van der Waals surface area contributed by atoms with E-state index in [9.17, 15) is 35.7 Å². The molecule has 2 rings (SSSR count). The zero-order valence-electron chi connectivity index (χ0n) is 13.4. The number of aliphatic hydroxyl groups excluding tert-OH is 7. The number of rotatable bonds is 6. The Morgan fingerprint density at radius 2 is 1.42 bits per heavy atom. The minimum Gasteiger partial charge on any atom is -0.402 e. The third-order valence-corrected chi connectivity index (χ3v) is 4.21. The predicted molar refractivity (Wildman–Crippen MR) is 77.7 cm³/mol. The molecule has 0 aliphatic carbocycles. The second-order valence-electron chi connectivity index (χ2n) is 6.00. The topological polar surface area (TPSA) is 219 Å². The van der Waals surface area contributed by atoms with E-state index in [-0.39, 0.29) is 0 Å². The molecule has 0 saturated carbocycles. The molecule has 2 aliphatic rings. The highest BCUT2D eigenvalue weighted by Crippen LogP contribution is 2.28. The van der Waals surface area contributed by atoms with Gasteiger partial charge in [-0.15, -0.1) is 0 Å². The highest BCUT2D eigenvalue weighted by atomic mass is 16.7. The molecule has 26 heavy (non-hydrogen) atoms. The van der Waals surface area contributed by atoms with E-state index in [4.69, 9.17) is 24.3 Å². The monoisotopic (exact) mass is 386 g/mol. The van der Waals surface area contributed by atoms with Crippen LogP contribution < -0.4 is 0 Å². The van der Waals surface area contributed by atoms with Crippen LogP contribution in [0.25, 0.3) is 0 Å². The maximum atomic E-state index is 10.0. The third-order valence-electron chi connectivity index (χ3n) is 4.21. The van der Waals surface area contributed by atoms with Gasteiger partial charge in [-0.3, -0.25) is 0 Å². The summed E-state index contributed by atoms with van der Waals surface area (Å²) in [7, 11) is -2.17. The van der Waals surface area contributed by atoms with Crippen LogP contribution in [-0.2, 0) is 18.9 Å². The number of hydrogen-bond acceptors (Lipinski definition) is 13. The van der Waals surface area contributed by atoms with Gasteiger partial charge in [0.25, 0.3) is 0 Å². The Balaban J connectivity index is 2.09. The highest BCUT2D eigenvalue weighted by Gasteiger charge is 2.50. The molecule has 10 atom stereocenters. The zero-order chi connectivity index (χ0) is 19.6. The van der Waals surface area contributed by atoms with Gasteiger partial charge in [0.1, 0.15) is 48.8 Å². The predicted octanol–water partition coefficient (Wildman–Crippen LogP) is -6.40. The molecule has 0 aromatic carbocycles. The Bertz CT molecular complexity index is 439. The van der Waals surface area contributed by atoms with Gasteiger partial charge in [0, 0.05) is 0 Å². The average molecular weight is 386 g/mol. The van der Waals surface area contributed by atoms with Crippen LogP contribution in [0.5, 0.6) is 0 Å². The van der Waals surface area contributed by atoms with Crippen molar-refractivity contribution < 1.29 is 64.7 Å². The van der Waals surface area contributed by atoms with Crippen molar-refractivity contribution in [3.8, 4) is 0 Å². The van der Waals surface area contributed by atoms with Crippen molar-refractivity contribution >= 4 is 7.32 Å². The van der Waals surface area contributed by atoms with Crippen molar-refractivity contribution in [3.63, 3.8) is 0 Å². The van der Waals surface area contributed by atoms with Crippen molar-refractivity contribution in [1.82, 2.24) is 0 Å². The third kappa shape index (κ3) is 4.68. The number of hydrogen-bond donors (Lipinski definition) is 9. The normalized spacial score (nSPS) is 47.0. The maximum Gasteiger partial charge on any atom is 0.633 e. The van der Waals surface area contributed by atoms with Crippen molar-refractivity contribution in [2.24, 2.45) is 0 Å². The molecule has 152 valence electrons. The maximum absolute atomic E-state index is 10.0. The molecule has 9 N–H and O–H groups in total. The van der Waals surface area contributed by atoms with Gasteiger partial charge in [0.05, 0.1) is 13.2 Å². The van der Waals surface area contributed by atoms with Crippen LogP contribution in [0.3, 0.4) is 0 Å². The van der Waals surface area contributed by atoms with Gasteiger partial charge in [-0.1, -0.05) is 0 Å². The molecule has 14 heteroatoms. The molecule has 0 aromatic rings. The van der Waals surface area contributed by atoms with Crippen LogP contribution in [0.2, 0.25) is 0 Å². The molecule has 2 saturated heterocycles. The highest BCUT2D eigenvalue weighted by molar-refractivity contribution is 6.32. The molecule has 0 unspecified atom stereocenters. The van der Waals surface area contributed by atoms with Crippen molar-refractivity contribution in [1.29, 1.82) is 0 Å². The van der Waals surface area contributed by atoms with Gasteiger partial charge in [0.15, 0.2) is 12.6 Å². The Labute approximate surface area is 147 Å².